The van der Waals surface area contributed by atoms with Crippen LogP contribution in [0, 0.1) is 0 Å². The second-order valence-electron chi connectivity index (χ2n) is 4.50. The fraction of sp³-hybridized carbons (Fsp3) is 0.200. The van der Waals surface area contributed by atoms with Crippen LogP contribution in [0.5, 0.6) is 0 Å². The molecule has 1 aromatic carbocycles. The van der Waals surface area contributed by atoms with E-state index >= 15 is 0 Å². The summed E-state index contributed by atoms with van der Waals surface area (Å²) < 4.78 is 38.7. The predicted molar refractivity (Wildman–Crippen MR) is 77.9 cm³/mol. The molecule has 0 radical (unpaired) electrons. The minimum absolute atomic E-state index is 0.0761. The molecule has 0 aliphatic carbocycles. The lowest BCUT2D eigenvalue weighted by Crippen LogP contribution is -2.10. The molecule has 2 aromatic rings. The summed E-state index contributed by atoms with van der Waals surface area (Å²) in [6, 6.07) is 8.23. The van der Waals surface area contributed by atoms with Gasteiger partial charge >= 0.3 is 6.18 Å². The number of nitrogens with zero attached hydrogens (tertiary/aromatic N) is 1. The second-order valence-corrected chi connectivity index (χ2v) is 4.50. The van der Waals surface area contributed by atoms with Gasteiger partial charge in [-0.1, -0.05) is 19.1 Å². The molecule has 116 valence electrons. The third kappa shape index (κ3) is 3.97. The van der Waals surface area contributed by atoms with Crippen LogP contribution in [0.15, 0.2) is 42.6 Å². The van der Waals surface area contributed by atoms with Crippen LogP contribution in [0.3, 0.4) is 0 Å². The van der Waals surface area contributed by atoms with Gasteiger partial charge < -0.3 is 10.6 Å². The number of carbonyl (C=O) groups excluding carboxylic acids is 1. The minimum Gasteiger partial charge on any atom is -0.340 e. The van der Waals surface area contributed by atoms with Crippen molar-refractivity contribution in [2.45, 2.75) is 19.5 Å². The number of rotatable bonds is 4. The van der Waals surface area contributed by atoms with E-state index in [9.17, 15) is 18.0 Å². The maximum atomic E-state index is 12.9. The first kappa shape index (κ1) is 15.8. The van der Waals surface area contributed by atoms with E-state index in [1.807, 2.05) is 0 Å². The molecule has 0 aliphatic heterocycles. The molecule has 7 heteroatoms. The van der Waals surface area contributed by atoms with Crippen LogP contribution >= 0.6 is 0 Å². The topological polar surface area (TPSA) is 54.0 Å². The Kier molecular flexibility index (Phi) is 4.65. The van der Waals surface area contributed by atoms with Gasteiger partial charge in [0.15, 0.2) is 0 Å². The lowest BCUT2D eigenvalue weighted by molar-refractivity contribution is -0.136. The Labute approximate surface area is 125 Å². The van der Waals surface area contributed by atoms with E-state index in [-0.39, 0.29) is 17.4 Å². The molecule has 0 spiro atoms. The molecule has 1 heterocycles. The fourth-order valence-electron chi connectivity index (χ4n) is 1.77. The fourth-order valence-corrected chi connectivity index (χ4v) is 1.77. The third-order valence-electron chi connectivity index (χ3n) is 2.86. The molecule has 0 fully saturated rings. The van der Waals surface area contributed by atoms with E-state index in [2.05, 4.69) is 15.6 Å². The maximum absolute atomic E-state index is 12.9. The average molecular weight is 309 g/mol. The number of halogens is 3. The quantitative estimate of drug-likeness (QED) is 0.890. The average Bonchev–Trinajstić information content (AvgIpc) is 2.48. The second kappa shape index (κ2) is 6.46. The largest absolute Gasteiger partial charge is 0.418 e. The smallest absolute Gasteiger partial charge is 0.340 e. The number of carbonyl (C=O) groups is 1. The molecule has 0 unspecified atom stereocenters. The molecule has 2 N–H and O–H groups in total. The van der Waals surface area contributed by atoms with Crippen LogP contribution in [-0.2, 0) is 11.0 Å². The van der Waals surface area contributed by atoms with Gasteiger partial charge in [0.2, 0.25) is 5.91 Å². The zero-order valence-electron chi connectivity index (χ0n) is 11.7. The molecule has 22 heavy (non-hydrogen) atoms. The summed E-state index contributed by atoms with van der Waals surface area (Å²) in [6.45, 7) is 1.72. The van der Waals surface area contributed by atoms with E-state index in [0.29, 0.717) is 12.1 Å². The third-order valence-corrected chi connectivity index (χ3v) is 2.86. The van der Waals surface area contributed by atoms with Crippen LogP contribution in [0.1, 0.15) is 18.9 Å². The first-order valence-corrected chi connectivity index (χ1v) is 6.59. The molecule has 0 bridgehead atoms. The van der Waals surface area contributed by atoms with Crippen molar-refractivity contribution in [2.24, 2.45) is 0 Å². The Balaban J connectivity index is 2.17. The van der Waals surface area contributed by atoms with Crippen LogP contribution in [0.2, 0.25) is 0 Å². The van der Waals surface area contributed by atoms with Gasteiger partial charge in [0.25, 0.3) is 0 Å². The van der Waals surface area contributed by atoms with Gasteiger partial charge in [-0.3, -0.25) is 4.79 Å². The summed E-state index contributed by atoms with van der Waals surface area (Å²) in [6.07, 6.45) is -2.73. The lowest BCUT2D eigenvalue weighted by atomic mass is 10.1. The van der Waals surface area contributed by atoms with Crippen molar-refractivity contribution in [1.82, 2.24) is 4.98 Å². The van der Waals surface area contributed by atoms with Gasteiger partial charge in [-0.05, 0) is 24.3 Å². The molecule has 0 aliphatic rings. The van der Waals surface area contributed by atoms with E-state index in [4.69, 9.17) is 0 Å². The van der Waals surface area contributed by atoms with E-state index in [0.717, 1.165) is 6.07 Å². The highest BCUT2D eigenvalue weighted by molar-refractivity contribution is 5.90. The lowest BCUT2D eigenvalue weighted by Gasteiger charge is -2.14. The van der Waals surface area contributed by atoms with E-state index in [1.165, 1.54) is 30.5 Å². The van der Waals surface area contributed by atoms with Gasteiger partial charge in [0.05, 0.1) is 23.1 Å². The number of hydrogen-bond donors (Lipinski definition) is 2. The van der Waals surface area contributed by atoms with Crippen molar-refractivity contribution in [3.05, 3.63) is 48.2 Å². The normalized spacial score (nSPS) is 11.1. The first-order chi connectivity index (χ1) is 10.4. The number of nitrogens with one attached hydrogen (secondary N) is 2. The van der Waals surface area contributed by atoms with Crippen molar-refractivity contribution in [1.29, 1.82) is 0 Å². The number of benzene rings is 1. The van der Waals surface area contributed by atoms with E-state index in [1.54, 1.807) is 13.0 Å². The summed E-state index contributed by atoms with van der Waals surface area (Å²) in [5.74, 6) is 0.0936. The summed E-state index contributed by atoms with van der Waals surface area (Å²) in [4.78, 5) is 15.2. The number of amides is 1. The number of hydrogen-bond acceptors (Lipinski definition) is 3. The molecule has 0 saturated carbocycles. The number of aromatic nitrogens is 1. The van der Waals surface area contributed by atoms with E-state index < -0.39 is 11.7 Å². The number of pyridine rings is 1. The van der Waals surface area contributed by atoms with Crippen molar-refractivity contribution in [3.8, 4) is 0 Å². The van der Waals surface area contributed by atoms with Crippen LogP contribution in [0.4, 0.5) is 30.4 Å². The summed E-state index contributed by atoms with van der Waals surface area (Å²) in [5, 5.41) is 5.24. The highest BCUT2D eigenvalue weighted by atomic mass is 19.4. The van der Waals surface area contributed by atoms with Crippen LogP contribution in [0.25, 0.3) is 0 Å². The molecule has 1 amide bonds. The molecule has 0 saturated heterocycles. The maximum Gasteiger partial charge on any atom is 0.418 e. The molecule has 1 aromatic heterocycles. The van der Waals surface area contributed by atoms with Crippen molar-refractivity contribution in [2.75, 3.05) is 10.6 Å². The van der Waals surface area contributed by atoms with Gasteiger partial charge in [-0.25, -0.2) is 4.98 Å². The predicted octanol–water partition coefficient (Wildman–Crippen LogP) is 4.19. The molecular formula is C15H14F3N3O. The minimum atomic E-state index is -4.45. The monoisotopic (exact) mass is 309 g/mol. The molecular weight excluding hydrogens is 295 g/mol. The van der Waals surface area contributed by atoms with Gasteiger partial charge in [-0.2, -0.15) is 13.2 Å². The zero-order valence-corrected chi connectivity index (χ0v) is 11.7. The van der Waals surface area contributed by atoms with Crippen molar-refractivity contribution < 1.29 is 18.0 Å². The Bertz CT molecular complexity index is 654. The zero-order chi connectivity index (χ0) is 16.2. The van der Waals surface area contributed by atoms with Crippen LogP contribution < -0.4 is 10.6 Å². The summed E-state index contributed by atoms with van der Waals surface area (Å²) in [7, 11) is 0. The molecule has 2 rings (SSSR count). The first-order valence-electron chi connectivity index (χ1n) is 6.59. The number of para-hydroxylation sites is 1. The Morgan fingerprint density at radius 1 is 1.18 bits per heavy atom. The Morgan fingerprint density at radius 3 is 2.50 bits per heavy atom. The molecule has 0 atom stereocenters. The summed E-state index contributed by atoms with van der Waals surface area (Å²) in [5.41, 5.74) is -0.352. The Hall–Kier alpha value is -2.57. The Morgan fingerprint density at radius 2 is 1.91 bits per heavy atom. The van der Waals surface area contributed by atoms with Gasteiger partial charge in [0.1, 0.15) is 5.82 Å². The number of alkyl halides is 3. The standard InChI is InChI=1S/C15H14F3N3O/c1-2-14(22)20-10-7-8-13(19-9-10)21-12-6-4-3-5-11(12)15(16,17)18/h3-9H,2H2,1H3,(H,19,21)(H,20,22). The van der Waals surface area contributed by atoms with Gasteiger partial charge in [0, 0.05) is 6.42 Å². The highest BCUT2D eigenvalue weighted by Crippen LogP contribution is 2.35. The van der Waals surface area contributed by atoms with Crippen molar-refractivity contribution >= 4 is 23.1 Å². The highest BCUT2D eigenvalue weighted by Gasteiger charge is 2.33. The van der Waals surface area contributed by atoms with Crippen molar-refractivity contribution in [3.63, 3.8) is 0 Å². The van der Waals surface area contributed by atoms with Gasteiger partial charge in [-0.15, -0.1) is 0 Å². The number of anilines is 3. The summed E-state index contributed by atoms with van der Waals surface area (Å²) >= 11 is 0. The molecule has 4 nitrogen and oxygen atoms in total. The SMILES string of the molecule is CCC(=O)Nc1ccc(Nc2ccccc2C(F)(F)F)nc1. The van der Waals surface area contributed by atoms with Crippen LogP contribution in [-0.4, -0.2) is 10.9 Å².